The molecule has 3 aromatic rings. The summed E-state index contributed by atoms with van der Waals surface area (Å²) in [6, 6.07) is 11.7. The third-order valence-electron chi connectivity index (χ3n) is 5.98. The standard InChI is InChI=1S/C25H26ClN5O5S/c1-17-3-6-20(7-4-17)37(35,36)31-16-18(13-22(31)25(34)30-11-9-29(2)10-12-30)15-27-28-24(33)19-5-8-23(32)21(26)14-19/h3-8,13-16,32H,9-12H2,1-2H3,(H,28,33)/b27-15+. The molecule has 37 heavy (non-hydrogen) atoms. The summed E-state index contributed by atoms with van der Waals surface area (Å²) in [6.45, 7) is 4.15. The van der Waals surface area contributed by atoms with Crippen molar-refractivity contribution in [2.75, 3.05) is 33.2 Å². The molecule has 194 valence electrons. The van der Waals surface area contributed by atoms with E-state index in [9.17, 15) is 23.1 Å². The van der Waals surface area contributed by atoms with Gasteiger partial charge in [-0.15, -0.1) is 0 Å². The average Bonchev–Trinajstić information content (AvgIpc) is 3.31. The number of carbonyl (C=O) groups excluding carboxylic acids is 2. The van der Waals surface area contributed by atoms with Gasteiger partial charge in [0.15, 0.2) is 0 Å². The van der Waals surface area contributed by atoms with E-state index in [1.807, 2.05) is 14.0 Å². The zero-order valence-corrected chi connectivity index (χ0v) is 21.8. The van der Waals surface area contributed by atoms with Crippen molar-refractivity contribution in [3.8, 4) is 5.75 Å². The van der Waals surface area contributed by atoms with Crippen molar-refractivity contribution in [2.45, 2.75) is 11.8 Å². The topological polar surface area (TPSA) is 124 Å². The van der Waals surface area contributed by atoms with Crippen LogP contribution in [0.1, 0.15) is 32.0 Å². The van der Waals surface area contributed by atoms with Crippen molar-refractivity contribution < 1.29 is 23.1 Å². The lowest BCUT2D eigenvalue weighted by Crippen LogP contribution is -2.47. The average molecular weight is 544 g/mol. The predicted octanol–water partition coefficient (Wildman–Crippen LogP) is 2.54. The first-order valence-corrected chi connectivity index (χ1v) is 13.2. The second kappa shape index (κ2) is 10.8. The zero-order valence-electron chi connectivity index (χ0n) is 20.3. The molecule has 2 N–H and O–H groups in total. The lowest BCUT2D eigenvalue weighted by Gasteiger charge is -2.32. The maximum Gasteiger partial charge on any atom is 0.271 e. The fourth-order valence-electron chi connectivity index (χ4n) is 3.76. The third kappa shape index (κ3) is 5.85. The normalized spacial score (nSPS) is 14.7. The molecule has 0 spiro atoms. The van der Waals surface area contributed by atoms with Crippen LogP contribution in [0.3, 0.4) is 0 Å². The maximum absolute atomic E-state index is 13.5. The summed E-state index contributed by atoms with van der Waals surface area (Å²) >= 11 is 5.84. The summed E-state index contributed by atoms with van der Waals surface area (Å²) < 4.78 is 27.9. The van der Waals surface area contributed by atoms with Crippen LogP contribution in [0.25, 0.3) is 0 Å². The van der Waals surface area contributed by atoms with Crippen molar-refractivity contribution >= 4 is 39.7 Å². The number of piperazine rings is 1. The smallest absolute Gasteiger partial charge is 0.271 e. The van der Waals surface area contributed by atoms with Gasteiger partial charge in [0.25, 0.3) is 21.8 Å². The van der Waals surface area contributed by atoms with E-state index < -0.39 is 21.8 Å². The third-order valence-corrected chi connectivity index (χ3v) is 7.97. The molecule has 0 saturated carbocycles. The van der Waals surface area contributed by atoms with Crippen molar-refractivity contribution in [2.24, 2.45) is 5.10 Å². The van der Waals surface area contributed by atoms with Crippen molar-refractivity contribution in [1.82, 2.24) is 19.2 Å². The monoisotopic (exact) mass is 543 g/mol. The summed E-state index contributed by atoms with van der Waals surface area (Å²) in [6.07, 6.45) is 2.55. The Morgan fingerprint density at radius 1 is 1.05 bits per heavy atom. The number of phenolic OH excluding ortho intramolecular Hbond substituents is 1. The van der Waals surface area contributed by atoms with E-state index in [0.29, 0.717) is 31.7 Å². The first kappa shape index (κ1) is 26.4. The van der Waals surface area contributed by atoms with Crippen molar-refractivity contribution in [3.05, 3.63) is 82.1 Å². The summed E-state index contributed by atoms with van der Waals surface area (Å²) in [5, 5.41) is 13.4. The number of nitrogens with zero attached hydrogens (tertiary/aromatic N) is 4. The number of nitrogens with one attached hydrogen (secondary N) is 1. The highest BCUT2D eigenvalue weighted by molar-refractivity contribution is 7.90. The van der Waals surface area contributed by atoms with Gasteiger partial charge in [-0.1, -0.05) is 29.3 Å². The van der Waals surface area contributed by atoms with Gasteiger partial charge in [-0.05, 0) is 50.4 Å². The second-order valence-electron chi connectivity index (χ2n) is 8.73. The Labute approximate surface area is 219 Å². The minimum atomic E-state index is -4.08. The van der Waals surface area contributed by atoms with Crippen LogP contribution < -0.4 is 5.43 Å². The van der Waals surface area contributed by atoms with Crippen molar-refractivity contribution in [3.63, 3.8) is 0 Å². The molecule has 0 radical (unpaired) electrons. The maximum atomic E-state index is 13.5. The first-order chi connectivity index (χ1) is 17.6. The van der Waals surface area contributed by atoms with Gasteiger partial charge in [0.1, 0.15) is 11.4 Å². The minimum Gasteiger partial charge on any atom is -0.506 e. The molecular weight excluding hydrogens is 518 g/mol. The number of hydrogen-bond acceptors (Lipinski definition) is 7. The molecule has 0 unspecified atom stereocenters. The molecule has 10 nitrogen and oxygen atoms in total. The molecular formula is C25H26ClN5O5S. The number of rotatable bonds is 6. The lowest BCUT2D eigenvalue weighted by molar-refractivity contribution is 0.0657. The first-order valence-electron chi connectivity index (χ1n) is 11.4. The van der Waals surface area contributed by atoms with Gasteiger partial charge in [0.2, 0.25) is 0 Å². The van der Waals surface area contributed by atoms with Crippen LogP contribution in [-0.4, -0.2) is 78.6 Å². The summed E-state index contributed by atoms with van der Waals surface area (Å²) in [7, 11) is -2.12. The van der Waals surface area contributed by atoms with E-state index in [2.05, 4.69) is 15.4 Å². The van der Waals surface area contributed by atoms with E-state index in [4.69, 9.17) is 11.6 Å². The highest BCUT2D eigenvalue weighted by Crippen LogP contribution is 2.24. The van der Waals surface area contributed by atoms with Crippen LogP contribution >= 0.6 is 11.6 Å². The number of benzene rings is 2. The molecule has 2 amide bonds. The Balaban J connectivity index is 1.64. The van der Waals surface area contributed by atoms with Crippen LogP contribution in [0.15, 0.2) is 64.7 Å². The molecule has 0 bridgehead atoms. The van der Waals surface area contributed by atoms with Gasteiger partial charge in [0, 0.05) is 43.5 Å². The highest BCUT2D eigenvalue weighted by atomic mass is 35.5. The molecule has 12 heteroatoms. The fourth-order valence-corrected chi connectivity index (χ4v) is 5.30. The minimum absolute atomic E-state index is 0.0158. The number of phenols is 1. The Morgan fingerprint density at radius 2 is 1.73 bits per heavy atom. The molecule has 0 atom stereocenters. The summed E-state index contributed by atoms with van der Waals surface area (Å²) in [5.74, 6) is -1.15. The van der Waals surface area contributed by atoms with E-state index >= 15 is 0 Å². The van der Waals surface area contributed by atoms with E-state index in [1.165, 1.54) is 48.8 Å². The van der Waals surface area contributed by atoms with Crippen LogP contribution in [0.4, 0.5) is 0 Å². The van der Waals surface area contributed by atoms with Crippen LogP contribution in [-0.2, 0) is 10.0 Å². The van der Waals surface area contributed by atoms with E-state index in [-0.39, 0.29) is 26.9 Å². The molecule has 0 aliphatic carbocycles. The SMILES string of the molecule is Cc1ccc(S(=O)(=O)n2cc(/C=N/NC(=O)c3ccc(O)c(Cl)c3)cc2C(=O)N2CCN(C)CC2)cc1. The number of aryl methyl sites for hydroxylation is 1. The molecule has 2 heterocycles. The van der Waals surface area contributed by atoms with Crippen molar-refractivity contribution in [1.29, 1.82) is 0 Å². The number of aromatic hydroxyl groups is 1. The van der Waals surface area contributed by atoms with Crippen LogP contribution in [0, 0.1) is 6.92 Å². The summed E-state index contributed by atoms with van der Waals surface area (Å²) in [4.78, 5) is 29.5. The van der Waals surface area contributed by atoms with Crippen LogP contribution in [0.5, 0.6) is 5.75 Å². The Morgan fingerprint density at radius 3 is 2.38 bits per heavy atom. The lowest BCUT2D eigenvalue weighted by atomic mass is 10.2. The Bertz CT molecular complexity index is 1460. The molecule has 1 saturated heterocycles. The number of halogens is 1. The Hall–Kier alpha value is -3.67. The number of amides is 2. The number of hydrogen-bond donors (Lipinski definition) is 2. The van der Waals surface area contributed by atoms with Gasteiger partial charge < -0.3 is 14.9 Å². The Kier molecular flexibility index (Phi) is 7.67. The van der Waals surface area contributed by atoms with Gasteiger partial charge in [0.05, 0.1) is 16.1 Å². The predicted molar refractivity (Wildman–Crippen MR) is 140 cm³/mol. The number of hydrazone groups is 1. The van der Waals surface area contributed by atoms with Gasteiger partial charge in [-0.2, -0.15) is 5.10 Å². The molecule has 1 aliphatic heterocycles. The quantitative estimate of drug-likeness (QED) is 0.364. The molecule has 1 fully saturated rings. The largest absolute Gasteiger partial charge is 0.506 e. The summed E-state index contributed by atoms with van der Waals surface area (Å²) in [5.41, 5.74) is 3.68. The fraction of sp³-hybridized carbons (Fsp3) is 0.240. The molecule has 4 rings (SSSR count). The number of aromatic nitrogens is 1. The number of likely N-dealkylation sites (N-methyl/N-ethyl adjacent to an activating group) is 1. The van der Waals surface area contributed by atoms with Gasteiger partial charge in [-0.25, -0.2) is 17.8 Å². The highest BCUT2D eigenvalue weighted by Gasteiger charge is 2.28. The van der Waals surface area contributed by atoms with Crippen LogP contribution in [0.2, 0.25) is 5.02 Å². The van der Waals surface area contributed by atoms with E-state index in [1.54, 1.807) is 17.0 Å². The molecule has 1 aliphatic rings. The van der Waals surface area contributed by atoms with E-state index in [0.717, 1.165) is 9.54 Å². The molecule has 2 aromatic carbocycles. The van der Waals surface area contributed by atoms with Gasteiger partial charge in [-0.3, -0.25) is 9.59 Å². The molecule has 1 aromatic heterocycles. The zero-order chi connectivity index (χ0) is 26.7. The van der Waals surface area contributed by atoms with Gasteiger partial charge >= 0.3 is 0 Å². The number of carbonyl (C=O) groups is 2. The second-order valence-corrected chi connectivity index (χ2v) is 11.0.